The highest BCUT2D eigenvalue weighted by molar-refractivity contribution is 7.91. The van der Waals surface area contributed by atoms with E-state index in [1.165, 1.54) is 0 Å². The molecule has 0 aliphatic carbocycles. The molecule has 0 aromatic heterocycles. The third-order valence-electron chi connectivity index (χ3n) is 4.67. The van der Waals surface area contributed by atoms with Crippen molar-refractivity contribution < 1.29 is 13.2 Å². The van der Waals surface area contributed by atoms with Crippen molar-refractivity contribution in [3.05, 3.63) is 0 Å². The fraction of sp³-hybridized carbons (Fsp3) is 0.923. The van der Waals surface area contributed by atoms with Gasteiger partial charge in [-0.05, 0) is 38.6 Å². The van der Waals surface area contributed by atoms with Crippen LogP contribution in [0.3, 0.4) is 0 Å². The summed E-state index contributed by atoms with van der Waals surface area (Å²) in [6.45, 7) is 2.64. The Bertz CT molecular complexity index is 457. The zero-order valence-electron chi connectivity index (χ0n) is 11.3. The zero-order chi connectivity index (χ0) is 13.5. The Morgan fingerprint density at radius 2 is 1.74 bits per heavy atom. The topological polar surface area (TPSA) is 57.7 Å². The Balaban J connectivity index is 1.69. The molecule has 19 heavy (non-hydrogen) atoms. The molecular formula is C13H22N2O3S. The summed E-state index contributed by atoms with van der Waals surface area (Å²) in [6.07, 6.45) is 4.82. The Morgan fingerprint density at radius 3 is 2.37 bits per heavy atom. The normalized spacial score (nSPS) is 35.1. The number of carbonyl (C=O) groups is 1. The summed E-state index contributed by atoms with van der Waals surface area (Å²) in [5.74, 6) is 0.773. The molecule has 1 amide bonds. The van der Waals surface area contributed by atoms with Crippen LogP contribution in [0, 0.1) is 0 Å². The van der Waals surface area contributed by atoms with Crippen LogP contribution in [0.1, 0.15) is 32.1 Å². The van der Waals surface area contributed by atoms with Gasteiger partial charge in [-0.3, -0.25) is 9.69 Å². The molecule has 0 bridgehead atoms. The highest BCUT2D eigenvalue weighted by Gasteiger charge is 2.41. The molecule has 3 aliphatic rings. The van der Waals surface area contributed by atoms with Gasteiger partial charge in [0.2, 0.25) is 5.91 Å². The number of rotatable bonds is 2. The molecule has 3 rings (SSSR count). The van der Waals surface area contributed by atoms with Gasteiger partial charge < -0.3 is 4.90 Å². The van der Waals surface area contributed by atoms with Gasteiger partial charge >= 0.3 is 0 Å². The number of carbonyl (C=O) groups excluding carboxylic acids is 1. The van der Waals surface area contributed by atoms with Crippen molar-refractivity contribution in [3.8, 4) is 0 Å². The molecule has 2 unspecified atom stereocenters. The second-order valence-electron chi connectivity index (χ2n) is 5.99. The molecule has 3 aliphatic heterocycles. The smallest absolute Gasteiger partial charge is 0.239 e. The van der Waals surface area contributed by atoms with E-state index in [0.717, 1.165) is 45.3 Å². The maximum Gasteiger partial charge on any atom is 0.239 e. The zero-order valence-corrected chi connectivity index (χ0v) is 12.1. The van der Waals surface area contributed by atoms with Gasteiger partial charge in [-0.15, -0.1) is 0 Å². The monoisotopic (exact) mass is 286 g/mol. The van der Waals surface area contributed by atoms with E-state index in [4.69, 9.17) is 0 Å². The molecule has 0 radical (unpaired) electrons. The summed E-state index contributed by atoms with van der Waals surface area (Å²) < 4.78 is 23.2. The van der Waals surface area contributed by atoms with Crippen molar-refractivity contribution in [2.24, 2.45) is 0 Å². The maximum absolute atomic E-state index is 12.5. The van der Waals surface area contributed by atoms with Crippen molar-refractivity contribution in [2.45, 2.75) is 44.2 Å². The summed E-state index contributed by atoms with van der Waals surface area (Å²) in [6, 6.07) is 0.0143. The number of hydrogen-bond acceptors (Lipinski definition) is 4. The molecule has 5 nitrogen and oxygen atoms in total. The lowest BCUT2D eigenvalue weighted by atomic mass is 10.1. The minimum absolute atomic E-state index is 0.0589. The lowest BCUT2D eigenvalue weighted by Gasteiger charge is -2.31. The molecule has 0 aromatic carbocycles. The van der Waals surface area contributed by atoms with E-state index in [2.05, 4.69) is 4.90 Å². The highest BCUT2D eigenvalue weighted by atomic mass is 32.2. The third-order valence-corrected chi connectivity index (χ3v) is 6.42. The lowest BCUT2D eigenvalue weighted by molar-refractivity contribution is -0.135. The molecule has 108 valence electrons. The van der Waals surface area contributed by atoms with Crippen LogP contribution in [-0.4, -0.2) is 67.3 Å². The first-order valence-electron chi connectivity index (χ1n) is 7.32. The predicted octanol–water partition coefficient (Wildman–Crippen LogP) is 0.260. The number of nitrogens with zero attached hydrogens (tertiary/aromatic N) is 2. The van der Waals surface area contributed by atoms with Gasteiger partial charge in [0, 0.05) is 19.1 Å². The molecule has 0 spiro atoms. The summed E-state index contributed by atoms with van der Waals surface area (Å²) >= 11 is 0. The van der Waals surface area contributed by atoms with E-state index < -0.39 is 9.84 Å². The molecule has 2 atom stereocenters. The second kappa shape index (κ2) is 5.05. The molecule has 0 N–H and O–H groups in total. The Kier molecular flexibility index (Phi) is 3.55. The number of hydrogen-bond donors (Lipinski definition) is 0. The minimum Gasteiger partial charge on any atom is -0.341 e. The van der Waals surface area contributed by atoms with E-state index in [1.807, 2.05) is 4.90 Å². The molecular weight excluding hydrogens is 264 g/mol. The van der Waals surface area contributed by atoms with Crippen molar-refractivity contribution in [2.75, 3.05) is 31.1 Å². The minimum atomic E-state index is -2.87. The van der Waals surface area contributed by atoms with Crippen molar-refractivity contribution >= 4 is 15.7 Å². The maximum atomic E-state index is 12.5. The SMILES string of the molecule is O=C(C1CCCN1C1CCS(=O)(=O)C1)N1CCCC1. The van der Waals surface area contributed by atoms with E-state index in [1.54, 1.807) is 0 Å². The van der Waals surface area contributed by atoms with Crippen LogP contribution in [-0.2, 0) is 14.6 Å². The van der Waals surface area contributed by atoms with E-state index in [0.29, 0.717) is 12.2 Å². The molecule has 3 heterocycles. The van der Waals surface area contributed by atoms with Crippen LogP contribution >= 0.6 is 0 Å². The molecule has 3 fully saturated rings. The van der Waals surface area contributed by atoms with E-state index in [-0.39, 0.29) is 23.7 Å². The fourth-order valence-electron chi connectivity index (χ4n) is 3.68. The number of amides is 1. The largest absolute Gasteiger partial charge is 0.341 e. The van der Waals surface area contributed by atoms with Gasteiger partial charge in [-0.25, -0.2) is 8.42 Å². The summed E-state index contributed by atoms with van der Waals surface area (Å²) in [5.41, 5.74) is 0. The van der Waals surface area contributed by atoms with Gasteiger partial charge in [0.05, 0.1) is 17.5 Å². The van der Waals surface area contributed by atoms with Crippen LogP contribution in [0.4, 0.5) is 0 Å². The molecule has 0 aromatic rings. The van der Waals surface area contributed by atoms with Crippen LogP contribution < -0.4 is 0 Å². The first-order valence-corrected chi connectivity index (χ1v) is 9.14. The molecule has 3 saturated heterocycles. The van der Waals surface area contributed by atoms with Crippen molar-refractivity contribution in [1.29, 1.82) is 0 Å². The average Bonchev–Trinajstić information content (AvgIpc) is 3.06. The average molecular weight is 286 g/mol. The van der Waals surface area contributed by atoms with Gasteiger partial charge in [0.25, 0.3) is 0 Å². The summed E-state index contributed by atoms with van der Waals surface area (Å²) in [7, 11) is -2.87. The van der Waals surface area contributed by atoms with Gasteiger partial charge in [-0.1, -0.05) is 0 Å². The highest BCUT2D eigenvalue weighted by Crippen LogP contribution is 2.28. The second-order valence-corrected chi connectivity index (χ2v) is 8.21. The van der Waals surface area contributed by atoms with Crippen LogP contribution in [0.15, 0.2) is 0 Å². The standard InChI is InChI=1S/C13H22N2O3S/c16-13(14-6-1-2-7-14)12-4-3-8-15(12)11-5-9-19(17,18)10-11/h11-12H,1-10H2. The number of likely N-dealkylation sites (tertiary alicyclic amines) is 2. The Hall–Kier alpha value is -0.620. The molecule has 6 heteroatoms. The van der Waals surface area contributed by atoms with Gasteiger partial charge in [-0.2, -0.15) is 0 Å². The summed E-state index contributed by atoms with van der Waals surface area (Å²) in [5, 5.41) is 0. The van der Waals surface area contributed by atoms with Gasteiger partial charge in [0.1, 0.15) is 0 Å². The number of sulfone groups is 1. The predicted molar refractivity (Wildman–Crippen MR) is 72.6 cm³/mol. The van der Waals surface area contributed by atoms with Crippen LogP contribution in [0.2, 0.25) is 0 Å². The lowest BCUT2D eigenvalue weighted by Crippen LogP contribution is -2.48. The first-order chi connectivity index (χ1) is 9.07. The van der Waals surface area contributed by atoms with Gasteiger partial charge in [0.15, 0.2) is 9.84 Å². The fourth-order valence-corrected chi connectivity index (χ4v) is 5.42. The van der Waals surface area contributed by atoms with Crippen LogP contribution in [0.5, 0.6) is 0 Å². The Labute approximate surface area is 114 Å². The van der Waals surface area contributed by atoms with Crippen LogP contribution in [0.25, 0.3) is 0 Å². The van der Waals surface area contributed by atoms with Crippen molar-refractivity contribution in [1.82, 2.24) is 9.80 Å². The van der Waals surface area contributed by atoms with E-state index in [9.17, 15) is 13.2 Å². The van der Waals surface area contributed by atoms with E-state index >= 15 is 0 Å². The van der Waals surface area contributed by atoms with Crippen molar-refractivity contribution in [3.63, 3.8) is 0 Å². The molecule has 0 saturated carbocycles. The Morgan fingerprint density at radius 1 is 1.00 bits per heavy atom. The first kappa shape index (κ1) is 13.4. The quantitative estimate of drug-likeness (QED) is 0.731. The summed E-state index contributed by atoms with van der Waals surface area (Å²) in [4.78, 5) is 16.6. The third kappa shape index (κ3) is 2.65.